The van der Waals surface area contributed by atoms with Gasteiger partial charge in [0.25, 0.3) is 0 Å². The van der Waals surface area contributed by atoms with Gasteiger partial charge in [0.15, 0.2) is 5.78 Å². The first-order chi connectivity index (χ1) is 9.24. The second-order valence-corrected chi connectivity index (χ2v) is 7.15. The van der Waals surface area contributed by atoms with E-state index in [2.05, 4.69) is 0 Å². The van der Waals surface area contributed by atoms with E-state index in [1.54, 1.807) is 20.8 Å². The summed E-state index contributed by atoms with van der Waals surface area (Å²) in [4.78, 5) is 37.1. The highest BCUT2D eigenvalue weighted by Crippen LogP contribution is 2.75. The molecule has 3 aliphatic rings. The molecule has 5 heteroatoms. The van der Waals surface area contributed by atoms with Crippen LogP contribution in [0.15, 0.2) is 0 Å². The number of fused-ring (bicyclic) bond motifs is 1. The van der Waals surface area contributed by atoms with Crippen molar-refractivity contribution >= 4 is 17.7 Å². The molecule has 0 radical (unpaired) electrons. The number of esters is 2. The van der Waals surface area contributed by atoms with Gasteiger partial charge in [-0.15, -0.1) is 0 Å². The molecule has 0 saturated heterocycles. The van der Waals surface area contributed by atoms with E-state index in [9.17, 15) is 14.4 Å². The van der Waals surface area contributed by atoms with Crippen molar-refractivity contribution in [3.63, 3.8) is 0 Å². The molecule has 0 amide bonds. The second kappa shape index (κ2) is 3.83. The fourth-order valence-electron chi connectivity index (χ4n) is 4.41. The third-order valence-electron chi connectivity index (χ3n) is 4.99. The lowest BCUT2D eigenvalue weighted by molar-refractivity contribution is -0.175. The number of carbonyl (C=O) groups excluding carboxylic acids is 3. The minimum Gasteiger partial charge on any atom is -0.469 e. The van der Waals surface area contributed by atoms with E-state index in [0.29, 0.717) is 6.42 Å². The molecule has 110 valence electrons. The highest BCUT2D eigenvalue weighted by atomic mass is 16.6. The van der Waals surface area contributed by atoms with Gasteiger partial charge in [-0.2, -0.15) is 0 Å². The van der Waals surface area contributed by atoms with Crippen molar-refractivity contribution in [1.82, 2.24) is 0 Å². The summed E-state index contributed by atoms with van der Waals surface area (Å²) in [6.07, 6.45) is 1.39. The number of carbonyl (C=O) groups is 3. The van der Waals surface area contributed by atoms with Gasteiger partial charge in [0.2, 0.25) is 0 Å². The van der Waals surface area contributed by atoms with Crippen molar-refractivity contribution in [1.29, 1.82) is 0 Å². The first-order valence-corrected chi connectivity index (χ1v) is 7.09. The SMILES string of the molecule is COC(=O)[C@@]12CC[C@H]3[C@@H](C(=O)C1C(=O)OC(C)(C)C)[C@H]32. The summed E-state index contributed by atoms with van der Waals surface area (Å²) >= 11 is 0. The van der Waals surface area contributed by atoms with E-state index >= 15 is 0 Å². The van der Waals surface area contributed by atoms with Crippen LogP contribution in [0, 0.1) is 29.1 Å². The van der Waals surface area contributed by atoms with Gasteiger partial charge in [-0.1, -0.05) is 0 Å². The number of rotatable bonds is 2. The molecule has 3 saturated carbocycles. The van der Waals surface area contributed by atoms with E-state index in [-0.39, 0.29) is 23.5 Å². The Morgan fingerprint density at radius 2 is 1.95 bits per heavy atom. The Hall–Kier alpha value is -1.39. The normalized spacial score (nSPS) is 41.3. The fourth-order valence-corrected chi connectivity index (χ4v) is 4.41. The molecule has 0 aromatic rings. The largest absolute Gasteiger partial charge is 0.469 e. The summed E-state index contributed by atoms with van der Waals surface area (Å²) < 4.78 is 10.3. The van der Waals surface area contributed by atoms with Gasteiger partial charge in [0.05, 0.1) is 12.5 Å². The van der Waals surface area contributed by atoms with E-state index in [1.165, 1.54) is 7.11 Å². The number of ketones is 1. The van der Waals surface area contributed by atoms with Crippen LogP contribution < -0.4 is 0 Å². The zero-order chi connectivity index (χ0) is 14.9. The Labute approximate surface area is 118 Å². The molecule has 0 aromatic carbocycles. The molecule has 3 aliphatic carbocycles. The molecular formula is C15H20O5. The van der Waals surface area contributed by atoms with Crippen LogP contribution in [0.2, 0.25) is 0 Å². The summed E-state index contributed by atoms with van der Waals surface area (Å²) in [7, 11) is 1.32. The Morgan fingerprint density at radius 3 is 2.50 bits per heavy atom. The maximum atomic E-state index is 12.5. The van der Waals surface area contributed by atoms with Crippen LogP contribution in [0.25, 0.3) is 0 Å². The molecule has 0 N–H and O–H groups in total. The van der Waals surface area contributed by atoms with Crippen LogP contribution in [0.4, 0.5) is 0 Å². The average Bonchev–Trinajstić information content (AvgIpc) is 2.88. The Kier molecular flexibility index (Phi) is 2.60. The summed E-state index contributed by atoms with van der Waals surface area (Å²) in [6.45, 7) is 5.27. The first kappa shape index (κ1) is 13.6. The van der Waals surface area contributed by atoms with Gasteiger partial charge in [-0.3, -0.25) is 14.4 Å². The smallest absolute Gasteiger partial charge is 0.318 e. The fraction of sp³-hybridized carbons (Fsp3) is 0.800. The Morgan fingerprint density at radius 1 is 1.30 bits per heavy atom. The lowest BCUT2D eigenvalue weighted by atomic mass is 9.74. The first-order valence-electron chi connectivity index (χ1n) is 7.09. The molecule has 0 aliphatic heterocycles. The number of ether oxygens (including phenoxy) is 2. The highest BCUT2D eigenvalue weighted by Gasteiger charge is 2.82. The second-order valence-electron chi connectivity index (χ2n) is 7.15. The molecule has 5 atom stereocenters. The summed E-state index contributed by atoms with van der Waals surface area (Å²) in [5, 5.41) is 0. The number of Topliss-reactive ketones (excluding diaryl/α,β-unsaturated/α-hetero) is 1. The van der Waals surface area contributed by atoms with Gasteiger partial charge < -0.3 is 9.47 Å². The molecular weight excluding hydrogens is 260 g/mol. The molecule has 0 aromatic heterocycles. The molecule has 0 bridgehead atoms. The lowest BCUT2D eigenvalue weighted by Crippen LogP contribution is -2.45. The maximum absolute atomic E-state index is 12.5. The zero-order valence-electron chi connectivity index (χ0n) is 12.3. The van der Waals surface area contributed by atoms with Crippen LogP contribution in [0.1, 0.15) is 33.6 Å². The monoisotopic (exact) mass is 280 g/mol. The summed E-state index contributed by atoms with van der Waals surface area (Å²) in [5.41, 5.74) is -1.62. The van der Waals surface area contributed by atoms with Crippen molar-refractivity contribution in [2.75, 3.05) is 7.11 Å². The summed E-state index contributed by atoms with van der Waals surface area (Å²) in [5.74, 6) is -1.92. The van der Waals surface area contributed by atoms with E-state index < -0.39 is 28.9 Å². The molecule has 3 fully saturated rings. The third kappa shape index (κ3) is 1.52. The van der Waals surface area contributed by atoms with Gasteiger partial charge in [0, 0.05) is 5.92 Å². The van der Waals surface area contributed by atoms with Crippen molar-refractivity contribution in [2.24, 2.45) is 29.1 Å². The summed E-state index contributed by atoms with van der Waals surface area (Å²) in [6, 6.07) is 0. The number of methoxy groups -OCH3 is 1. The standard InChI is InChI=1S/C15H20O5/c1-14(2,3)20-12(17)10-11(16)8-7-5-6-15(10,9(7)8)13(18)19-4/h7-10H,5-6H2,1-4H3/t7-,8+,9-,10?,15+/m0/s1. The molecule has 5 nitrogen and oxygen atoms in total. The maximum Gasteiger partial charge on any atom is 0.318 e. The van der Waals surface area contributed by atoms with Crippen LogP contribution in [0.5, 0.6) is 0 Å². The Bertz CT molecular complexity index is 503. The zero-order valence-corrected chi connectivity index (χ0v) is 12.3. The highest BCUT2D eigenvalue weighted by molar-refractivity contribution is 6.10. The van der Waals surface area contributed by atoms with Crippen molar-refractivity contribution in [2.45, 2.75) is 39.2 Å². The van der Waals surface area contributed by atoms with Gasteiger partial charge in [0.1, 0.15) is 11.5 Å². The lowest BCUT2D eigenvalue weighted by Gasteiger charge is -2.31. The minimum atomic E-state index is -0.970. The molecule has 3 rings (SSSR count). The van der Waals surface area contributed by atoms with Gasteiger partial charge in [-0.05, 0) is 45.4 Å². The number of hydrogen-bond donors (Lipinski definition) is 0. The van der Waals surface area contributed by atoms with Crippen LogP contribution in [-0.2, 0) is 23.9 Å². The number of hydrogen-bond acceptors (Lipinski definition) is 5. The van der Waals surface area contributed by atoms with Crippen molar-refractivity contribution in [3.05, 3.63) is 0 Å². The van der Waals surface area contributed by atoms with E-state index in [0.717, 1.165) is 6.42 Å². The minimum absolute atomic E-state index is 0.0000293. The van der Waals surface area contributed by atoms with Crippen LogP contribution in [-0.4, -0.2) is 30.4 Å². The molecule has 1 unspecified atom stereocenters. The van der Waals surface area contributed by atoms with Crippen LogP contribution in [0.3, 0.4) is 0 Å². The van der Waals surface area contributed by atoms with Gasteiger partial charge in [-0.25, -0.2) is 0 Å². The van der Waals surface area contributed by atoms with Gasteiger partial charge >= 0.3 is 11.9 Å². The molecule has 20 heavy (non-hydrogen) atoms. The predicted molar refractivity (Wildman–Crippen MR) is 68.5 cm³/mol. The van der Waals surface area contributed by atoms with Crippen molar-refractivity contribution in [3.8, 4) is 0 Å². The van der Waals surface area contributed by atoms with Crippen molar-refractivity contribution < 1.29 is 23.9 Å². The topological polar surface area (TPSA) is 69.7 Å². The van der Waals surface area contributed by atoms with E-state index in [4.69, 9.17) is 9.47 Å². The quantitative estimate of drug-likeness (QED) is 0.564. The third-order valence-corrected chi connectivity index (χ3v) is 4.99. The molecule has 0 heterocycles. The van der Waals surface area contributed by atoms with Crippen LogP contribution >= 0.6 is 0 Å². The Balaban J connectivity index is 1.95. The molecule has 0 spiro atoms. The van der Waals surface area contributed by atoms with E-state index in [1.807, 2.05) is 0 Å². The predicted octanol–water partition coefficient (Wildman–Crippen LogP) is 1.34. The average molecular weight is 280 g/mol.